The van der Waals surface area contributed by atoms with E-state index >= 15 is 0 Å². The van der Waals surface area contributed by atoms with Crippen LogP contribution < -0.4 is 15.2 Å². The Morgan fingerprint density at radius 1 is 1.32 bits per heavy atom. The summed E-state index contributed by atoms with van der Waals surface area (Å²) in [5.41, 5.74) is 8.49. The zero-order chi connectivity index (χ0) is 15.7. The number of benzene rings is 2. The molecule has 2 aromatic carbocycles. The molecular formula is C17H17ClFNO2. The van der Waals surface area contributed by atoms with Gasteiger partial charge in [-0.25, -0.2) is 4.39 Å². The van der Waals surface area contributed by atoms with E-state index in [9.17, 15) is 4.39 Å². The molecule has 0 spiro atoms. The fourth-order valence-electron chi connectivity index (χ4n) is 2.66. The Morgan fingerprint density at radius 3 is 2.91 bits per heavy atom. The van der Waals surface area contributed by atoms with Crippen molar-refractivity contribution < 1.29 is 13.9 Å². The summed E-state index contributed by atoms with van der Waals surface area (Å²) in [6, 6.07) is 6.66. The van der Waals surface area contributed by atoms with Crippen LogP contribution in [-0.2, 0) is 12.8 Å². The first-order chi connectivity index (χ1) is 10.6. The van der Waals surface area contributed by atoms with Gasteiger partial charge >= 0.3 is 0 Å². The molecule has 3 nitrogen and oxygen atoms in total. The summed E-state index contributed by atoms with van der Waals surface area (Å²) < 4.78 is 25.2. The maximum Gasteiger partial charge on any atom is 0.142 e. The summed E-state index contributed by atoms with van der Waals surface area (Å²) in [6.07, 6.45) is 1.40. The largest absolute Gasteiger partial charge is 0.493 e. The highest BCUT2D eigenvalue weighted by Crippen LogP contribution is 2.37. The van der Waals surface area contributed by atoms with Crippen molar-refractivity contribution in [3.8, 4) is 17.2 Å². The van der Waals surface area contributed by atoms with E-state index in [4.69, 9.17) is 26.8 Å². The fraction of sp³-hybridized carbons (Fsp3) is 0.294. The second kappa shape index (κ2) is 6.15. The van der Waals surface area contributed by atoms with Crippen molar-refractivity contribution in [2.75, 3.05) is 13.2 Å². The molecule has 1 aliphatic heterocycles. The van der Waals surface area contributed by atoms with Gasteiger partial charge in [-0.3, -0.25) is 0 Å². The van der Waals surface area contributed by atoms with Gasteiger partial charge < -0.3 is 15.2 Å². The van der Waals surface area contributed by atoms with Gasteiger partial charge in [-0.15, -0.1) is 0 Å². The van der Waals surface area contributed by atoms with E-state index in [0.29, 0.717) is 30.9 Å². The van der Waals surface area contributed by atoms with Crippen LogP contribution in [0.3, 0.4) is 0 Å². The predicted molar refractivity (Wildman–Crippen MR) is 84.6 cm³/mol. The van der Waals surface area contributed by atoms with Crippen LogP contribution in [0, 0.1) is 12.7 Å². The van der Waals surface area contributed by atoms with E-state index in [0.717, 1.165) is 29.0 Å². The number of nitrogens with two attached hydrogens (primary N) is 1. The van der Waals surface area contributed by atoms with Crippen molar-refractivity contribution >= 4 is 11.6 Å². The van der Waals surface area contributed by atoms with Gasteiger partial charge in [-0.05, 0) is 49.2 Å². The van der Waals surface area contributed by atoms with E-state index in [-0.39, 0.29) is 5.02 Å². The maximum atomic E-state index is 13.6. The summed E-state index contributed by atoms with van der Waals surface area (Å²) >= 11 is 5.88. The maximum absolute atomic E-state index is 13.6. The van der Waals surface area contributed by atoms with Gasteiger partial charge in [0.05, 0.1) is 11.6 Å². The first kappa shape index (κ1) is 15.1. The lowest BCUT2D eigenvalue weighted by molar-refractivity contribution is 0.356. The molecular weight excluding hydrogens is 305 g/mol. The molecule has 0 aromatic heterocycles. The molecule has 0 saturated carbocycles. The van der Waals surface area contributed by atoms with Crippen molar-refractivity contribution in [3.63, 3.8) is 0 Å². The second-order valence-corrected chi connectivity index (χ2v) is 5.69. The number of ether oxygens (including phenoxy) is 2. The third-order valence-electron chi connectivity index (χ3n) is 3.85. The first-order valence-electron chi connectivity index (χ1n) is 7.21. The predicted octanol–water partition coefficient (Wildman–Crippen LogP) is 4.02. The molecule has 0 amide bonds. The first-order valence-corrected chi connectivity index (χ1v) is 7.59. The summed E-state index contributed by atoms with van der Waals surface area (Å²) in [4.78, 5) is 0. The van der Waals surface area contributed by atoms with Crippen LogP contribution in [0.4, 0.5) is 4.39 Å². The molecule has 116 valence electrons. The molecule has 0 fully saturated rings. The van der Waals surface area contributed by atoms with Crippen LogP contribution in [0.15, 0.2) is 24.3 Å². The summed E-state index contributed by atoms with van der Waals surface area (Å²) in [7, 11) is 0. The molecule has 5 heteroatoms. The molecule has 0 bridgehead atoms. The monoisotopic (exact) mass is 321 g/mol. The normalized spacial score (nSPS) is 12.9. The summed E-state index contributed by atoms with van der Waals surface area (Å²) in [5, 5.41) is 0.0397. The highest BCUT2D eigenvalue weighted by Gasteiger charge is 2.18. The van der Waals surface area contributed by atoms with Crippen LogP contribution in [0.5, 0.6) is 17.2 Å². The fourth-order valence-corrected chi connectivity index (χ4v) is 2.82. The van der Waals surface area contributed by atoms with E-state index < -0.39 is 5.82 Å². The van der Waals surface area contributed by atoms with E-state index in [2.05, 4.69) is 0 Å². The minimum absolute atomic E-state index is 0.0397. The third-order valence-corrected chi connectivity index (χ3v) is 4.14. The van der Waals surface area contributed by atoms with Gasteiger partial charge in [0.1, 0.15) is 23.1 Å². The lowest BCUT2D eigenvalue weighted by atomic mass is 10.1. The number of hydrogen-bond donors (Lipinski definition) is 1. The summed E-state index contributed by atoms with van der Waals surface area (Å²) in [6.45, 7) is 3.10. The van der Waals surface area contributed by atoms with Gasteiger partial charge in [0.25, 0.3) is 0 Å². The topological polar surface area (TPSA) is 44.5 Å². The molecule has 2 N–H and O–H groups in total. The van der Waals surface area contributed by atoms with Gasteiger partial charge in [0.15, 0.2) is 0 Å². The lowest BCUT2D eigenvalue weighted by Gasteiger charge is -2.15. The van der Waals surface area contributed by atoms with E-state index in [1.165, 1.54) is 12.1 Å². The van der Waals surface area contributed by atoms with E-state index in [1.807, 2.05) is 19.1 Å². The van der Waals surface area contributed by atoms with Crippen LogP contribution in [-0.4, -0.2) is 13.2 Å². The van der Waals surface area contributed by atoms with Crippen LogP contribution >= 0.6 is 11.6 Å². The van der Waals surface area contributed by atoms with Crippen molar-refractivity contribution in [1.29, 1.82) is 0 Å². The minimum Gasteiger partial charge on any atom is -0.493 e. The van der Waals surface area contributed by atoms with Crippen molar-refractivity contribution in [3.05, 3.63) is 51.8 Å². The number of hydrogen-bond acceptors (Lipinski definition) is 3. The minimum atomic E-state index is -0.462. The van der Waals surface area contributed by atoms with Crippen molar-refractivity contribution in [1.82, 2.24) is 0 Å². The van der Waals surface area contributed by atoms with Gasteiger partial charge in [-0.1, -0.05) is 11.6 Å². The number of halogens is 2. The highest BCUT2D eigenvalue weighted by molar-refractivity contribution is 6.30. The molecule has 1 aliphatic rings. The zero-order valence-electron chi connectivity index (χ0n) is 12.3. The Kier molecular flexibility index (Phi) is 4.23. The number of fused-ring (bicyclic) bond motifs is 1. The number of rotatable bonds is 4. The van der Waals surface area contributed by atoms with Gasteiger partial charge in [-0.2, -0.15) is 0 Å². The molecule has 0 unspecified atom stereocenters. The second-order valence-electron chi connectivity index (χ2n) is 5.28. The molecule has 0 atom stereocenters. The Balaban J connectivity index is 1.98. The van der Waals surface area contributed by atoms with Crippen molar-refractivity contribution in [2.45, 2.75) is 19.8 Å². The van der Waals surface area contributed by atoms with Crippen LogP contribution in [0.2, 0.25) is 5.02 Å². The Bertz CT molecular complexity index is 718. The van der Waals surface area contributed by atoms with Crippen LogP contribution in [0.25, 0.3) is 0 Å². The summed E-state index contributed by atoms with van der Waals surface area (Å²) in [5.74, 6) is 1.71. The highest BCUT2D eigenvalue weighted by atomic mass is 35.5. The molecule has 22 heavy (non-hydrogen) atoms. The smallest absolute Gasteiger partial charge is 0.142 e. The molecule has 0 saturated heterocycles. The van der Waals surface area contributed by atoms with Gasteiger partial charge in [0, 0.05) is 18.1 Å². The SMILES string of the molecule is Cc1c(Oc2cc(Cl)c(F)cc2CCN)ccc2c1CCO2. The van der Waals surface area contributed by atoms with Gasteiger partial charge in [0.2, 0.25) is 0 Å². The molecule has 0 radical (unpaired) electrons. The lowest BCUT2D eigenvalue weighted by Crippen LogP contribution is -2.05. The zero-order valence-corrected chi connectivity index (χ0v) is 13.0. The molecule has 0 aliphatic carbocycles. The van der Waals surface area contributed by atoms with Crippen LogP contribution in [0.1, 0.15) is 16.7 Å². The Labute approximate surface area is 133 Å². The molecule has 1 heterocycles. The average molecular weight is 322 g/mol. The Morgan fingerprint density at radius 2 is 2.14 bits per heavy atom. The molecule has 3 rings (SSSR count). The van der Waals surface area contributed by atoms with E-state index in [1.54, 1.807) is 0 Å². The average Bonchev–Trinajstić information content (AvgIpc) is 2.96. The third kappa shape index (κ3) is 2.76. The quantitative estimate of drug-likeness (QED) is 0.925. The standard InChI is InChI=1S/C17H17ClFNO2/c1-10-12-5-7-21-16(12)3-2-15(10)22-17-9-13(18)14(19)8-11(17)4-6-20/h2-3,8-9H,4-7,20H2,1H3. The Hall–Kier alpha value is -1.78. The molecule has 2 aromatic rings. The van der Waals surface area contributed by atoms with Crippen molar-refractivity contribution in [2.24, 2.45) is 5.73 Å².